The van der Waals surface area contributed by atoms with Crippen LogP contribution in [0.5, 0.6) is 5.75 Å². The summed E-state index contributed by atoms with van der Waals surface area (Å²) in [6, 6.07) is 16.9. The van der Waals surface area contributed by atoms with Gasteiger partial charge in [0, 0.05) is 42.2 Å². The zero-order valence-electron chi connectivity index (χ0n) is 17.6. The van der Waals surface area contributed by atoms with E-state index in [1.807, 2.05) is 30.3 Å². The van der Waals surface area contributed by atoms with Gasteiger partial charge in [0.25, 0.3) is 5.91 Å². The molecule has 168 valence electrons. The molecule has 4 rings (SSSR count). The molecule has 0 aliphatic heterocycles. The minimum atomic E-state index is -0.732. The second-order valence-corrected chi connectivity index (χ2v) is 8.21. The molecular formula is C25H19F3N2O2S. The molecule has 3 aromatic carbocycles. The number of thiazole rings is 1. The highest BCUT2D eigenvalue weighted by atomic mass is 32.1. The van der Waals surface area contributed by atoms with Crippen LogP contribution in [0.2, 0.25) is 0 Å². The molecular weight excluding hydrogens is 449 g/mol. The summed E-state index contributed by atoms with van der Waals surface area (Å²) < 4.78 is 46.9. The number of carbonyl (C=O) groups excluding carboxylic acids is 1. The number of hydrogen-bond acceptors (Lipinski definition) is 4. The van der Waals surface area contributed by atoms with E-state index in [-0.39, 0.29) is 35.1 Å². The molecule has 0 aliphatic rings. The molecule has 0 N–H and O–H groups in total. The van der Waals surface area contributed by atoms with Crippen LogP contribution in [-0.4, -0.2) is 22.8 Å². The molecule has 0 unspecified atom stereocenters. The topological polar surface area (TPSA) is 42.4 Å². The smallest absolute Gasteiger partial charge is 0.273 e. The van der Waals surface area contributed by atoms with Crippen LogP contribution in [-0.2, 0) is 13.2 Å². The highest BCUT2D eigenvalue weighted by Crippen LogP contribution is 2.30. The van der Waals surface area contributed by atoms with Crippen LogP contribution in [0.25, 0.3) is 10.6 Å². The van der Waals surface area contributed by atoms with Crippen LogP contribution in [0.3, 0.4) is 0 Å². The van der Waals surface area contributed by atoms with Gasteiger partial charge in [0.05, 0.1) is 0 Å². The third-order valence-electron chi connectivity index (χ3n) is 4.91. The first-order valence-corrected chi connectivity index (χ1v) is 10.9. The molecule has 0 bridgehead atoms. The molecule has 0 radical (unpaired) electrons. The zero-order valence-corrected chi connectivity index (χ0v) is 18.4. The number of ether oxygens (including phenoxy) is 1. The van der Waals surface area contributed by atoms with Crippen LogP contribution in [0.15, 0.2) is 72.1 Å². The molecule has 0 fully saturated rings. The van der Waals surface area contributed by atoms with Gasteiger partial charge in [0.15, 0.2) is 0 Å². The molecule has 1 amide bonds. The molecule has 33 heavy (non-hydrogen) atoms. The minimum absolute atomic E-state index is 0.156. The summed E-state index contributed by atoms with van der Waals surface area (Å²) in [6.07, 6.45) is 0. The second-order valence-electron chi connectivity index (χ2n) is 7.35. The summed E-state index contributed by atoms with van der Waals surface area (Å²) in [5.74, 6) is -2.07. The summed E-state index contributed by atoms with van der Waals surface area (Å²) in [6.45, 7) is 0.260. The van der Waals surface area contributed by atoms with Gasteiger partial charge < -0.3 is 9.64 Å². The summed E-state index contributed by atoms with van der Waals surface area (Å²) >= 11 is 1.16. The minimum Gasteiger partial charge on any atom is -0.489 e. The largest absolute Gasteiger partial charge is 0.489 e. The van der Waals surface area contributed by atoms with Gasteiger partial charge in [-0.25, -0.2) is 18.2 Å². The Labute approximate surface area is 192 Å². The standard InChI is InChI=1S/C25H19F3N2O2S/c1-30(13-16-5-3-2-4-6-16)25(31)23-15-33-24(29-23)20-10-9-19(12-22(20)28)32-14-17-7-8-18(26)11-21(17)27/h2-12,15H,13-14H2,1H3. The number of hydrogen-bond donors (Lipinski definition) is 0. The normalized spacial score (nSPS) is 10.8. The molecule has 4 nitrogen and oxygen atoms in total. The molecule has 1 heterocycles. The molecule has 8 heteroatoms. The molecule has 0 saturated carbocycles. The van der Waals surface area contributed by atoms with Crippen molar-refractivity contribution in [3.63, 3.8) is 0 Å². The van der Waals surface area contributed by atoms with Gasteiger partial charge >= 0.3 is 0 Å². The van der Waals surface area contributed by atoms with E-state index in [2.05, 4.69) is 4.98 Å². The number of carbonyl (C=O) groups is 1. The Balaban J connectivity index is 1.43. The van der Waals surface area contributed by atoms with Gasteiger partial charge in [0.2, 0.25) is 0 Å². The van der Waals surface area contributed by atoms with Crippen LogP contribution in [0.1, 0.15) is 21.6 Å². The summed E-state index contributed by atoms with van der Waals surface area (Å²) in [4.78, 5) is 18.6. The molecule has 0 spiro atoms. The lowest BCUT2D eigenvalue weighted by Crippen LogP contribution is -2.26. The summed E-state index contributed by atoms with van der Waals surface area (Å²) in [5, 5.41) is 1.96. The lowest BCUT2D eigenvalue weighted by atomic mass is 10.2. The Morgan fingerprint density at radius 3 is 2.52 bits per heavy atom. The lowest BCUT2D eigenvalue weighted by Gasteiger charge is -2.15. The van der Waals surface area contributed by atoms with Gasteiger partial charge in [-0.15, -0.1) is 11.3 Å². The predicted octanol–water partition coefficient (Wildman–Crippen LogP) is 6.08. The van der Waals surface area contributed by atoms with Crippen molar-refractivity contribution in [2.45, 2.75) is 13.2 Å². The first kappa shape index (κ1) is 22.5. The van der Waals surface area contributed by atoms with E-state index in [1.54, 1.807) is 17.3 Å². The van der Waals surface area contributed by atoms with Gasteiger partial charge in [-0.2, -0.15) is 0 Å². The first-order chi connectivity index (χ1) is 15.9. The van der Waals surface area contributed by atoms with Crippen LogP contribution in [0, 0.1) is 17.5 Å². The molecule has 1 aromatic heterocycles. The Morgan fingerprint density at radius 2 is 1.79 bits per heavy atom. The van der Waals surface area contributed by atoms with E-state index in [0.29, 0.717) is 11.6 Å². The Bertz CT molecular complexity index is 1280. The average molecular weight is 469 g/mol. The number of halogens is 3. The number of benzene rings is 3. The Kier molecular flexibility index (Phi) is 6.74. The highest BCUT2D eigenvalue weighted by molar-refractivity contribution is 7.13. The lowest BCUT2D eigenvalue weighted by molar-refractivity contribution is 0.0780. The van der Waals surface area contributed by atoms with Crippen molar-refractivity contribution in [3.8, 4) is 16.3 Å². The Hall–Kier alpha value is -3.65. The van der Waals surface area contributed by atoms with Crippen molar-refractivity contribution in [1.29, 1.82) is 0 Å². The van der Waals surface area contributed by atoms with E-state index in [0.717, 1.165) is 29.0 Å². The maximum Gasteiger partial charge on any atom is 0.273 e. The van der Waals surface area contributed by atoms with E-state index in [1.165, 1.54) is 24.3 Å². The van der Waals surface area contributed by atoms with Crippen LogP contribution in [0.4, 0.5) is 13.2 Å². The molecule has 0 atom stereocenters. The van der Waals surface area contributed by atoms with E-state index in [9.17, 15) is 18.0 Å². The van der Waals surface area contributed by atoms with Gasteiger partial charge in [0.1, 0.15) is 40.5 Å². The van der Waals surface area contributed by atoms with Crippen molar-refractivity contribution < 1.29 is 22.7 Å². The van der Waals surface area contributed by atoms with E-state index >= 15 is 0 Å². The van der Waals surface area contributed by atoms with Crippen molar-refractivity contribution in [2.75, 3.05) is 7.05 Å². The fourth-order valence-electron chi connectivity index (χ4n) is 3.18. The molecule has 0 aliphatic carbocycles. The van der Waals surface area contributed by atoms with Gasteiger partial charge in [-0.3, -0.25) is 4.79 Å². The van der Waals surface area contributed by atoms with Crippen molar-refractivity contribution in [3.05, 3.63) is 106 Å². The van der Waals surface area contributed by atoms with Crippen LogP contribution < -0.4 is 4.74 Å². The van der Waals surface area contributed by atoms with E-state index < -0.39 is 17.5 Å². The second kappa shape index (κ2) is 9.87. The monoisotopic (exact) mass is 468 g/mol. The fraction of sp³-hybridized carbons (Fsp3) is 0.120. The number of amides is 1. The predicted molar refractivity (Wildman–Crippen MR) is 120 cm³/mol. The average Bonchev–Trinajstić information content (AvgIpc) is 3.28. The SMILES string of the molecule is CN(Cc1ccccc1)C(=O)c1csc(-c2ccc(OCc3ccc(F)cc3F)cc2F)n1. The van der Waals surface area contributed by atoms with Crippen molar-refractivity contribution >= 4 is 17.2 Å². The van der Waals surface area contributed by atoms with Gasteiger partial charge in [-0.1, -0.05) is 30.3 Å². The van der Waals surface area contributed by atoms with E-state index in [4.69, 9.17) is 4.74 Å². The Morgan fingerprint density at radius 1 is 1.00 bits per heavy atom. The quantitative estimate of drug-likeness (QED) is 0.330. The number of aromatic nitrogens is 1. The third-order valence-corrected chi connectivity index (χ3v) is 5.79. The molecule has 4 aromatic rings. The van der Waals surface area contributed by atoms with Crippen molar-refractivity contribution in [1.82, 2.24) is 9.88 Å². The molecule has 0 saturated heterocycles. The highest BCUT2D eigenvalue weighted by Gasteiger charge is 2.18. The first-order valence-electron chi connectivity index (χ1n) is 10.0. The van der Waals surface area contributed by atoms with Crippen molar-refractivity contribution in [2.24, 2.45) is 0 Å². The summed E-state index contributed by atoms with van der Waals surface area (Å²) in [5.41, 5.74) is 1.61. The zero-order chi connectivity index (χ0) is 23.4. The fourth-order valence-corrected chi connectivity index (χ4v) is 4.00. The number of nitrogens with zero attached hydrogens (tertiary/aromatic N) is 2. The van der Waals surface area contributed by atoms with Gasteiger partial charge in [-0.05, 0) is 29.8 Å². The van der Waals surface area contributed by atoms with Crippen LogP contribution >= 0.6 is 11.3 Å². The summed E-state index contributed by atoms with van der Waals surface area (Å²) in [7, 11) is 1.69. The maximum atomic E-state index is 14.7. The number of rotatable bonds is 7. The maximum absolute atomic E-state index is 14.7. The third kappa shape index (κ3) is 5.40.